The van der Waals surface area contributed by atoms with Crippen molar-refractivity contribution in [1.82, 2.24) is 20.2 Å². The van der Waals surface area contributed by atoms with Gasteiger partial charge in [0.25, 0.3) is 0 Å². The van der Waals surface area contributed by atoms with Crippen LogP contribution in [0.15, 0.2) is 23.1 Å². The van der Waals surface area contributed by atoms with E-state index < -0.39 is 16.6 Å². The van der Waals surface area contributed by atoms with Crippen LogP contribution in [0, 0.1) is 5.82 Å². The highest BCUT2D eigenvalue weighted by molar-refractivity contribution is 7.84. The van der Waals surface area contributed by atoms with Crippen molar-refractivity contribution in [2.45, 2.75) is 10.6 Å². The molecule has 2 aromatic rings. The van der Waals surface area contributed by atoms with Crippen LogP contribution < -0.4 is 5.73 Å². The lowest BCUT2D eigenvalue weighted by Crippen LogP contribution is -2.01. The first-order chi connectivity index (χ1) is 8.06. The van der Waals surface area contributed by atoms with Crippen molar-refractivity contribution in [3.8, 4) is 0 Å². The molecule has 0 aliphatic rings. The topological polar surface area (TPSA) is 86.7 Å². The van der Waals surface area contributed by atoms with Gasteiger partial charge in [-0.25, -0.2) is 4.39 Å². The van der Waals surface area contributed by atoms with E-state index in [2.05, 4.69) is 15.4 Å². The molecule has 17 heavy (non-hydrogen) atoms. The second-order valence-corrected chi connectivity index (χ2v) is 4.82. The molecule has 0 aliphatic heterocycles. The molecule has 8 heteroatoms. The zero-order valence-electron chi connectivity index (χ0n) is 9.00. The van der Waals surface area contributed by atoms with E-state index in [0.717, 1.165) is 6.07 Å². The van der Waals surface area contributed by atoms with Gasteiger partial charge in [0.05, 0.1) is 29.3 Å². The summed E-state index contributed by atoms with van der Waals surface area (Å²) in [5, 5.41) is 11.2. The molecule has 0 aliphatic carbocycles. The fourth-order valence-electron chi connectivity index (χ4n) is 1.23. The van der Waals surface area contributed by atoms with Crippen LogP contribution in [-0.2, 0) is 23.6 Å². The maximum absolute atomic E-state index is 13.2. The van der Waals surface area contributed by atoms with E-state index in [0.29, 0.717) is 10.7 Å². The van der Waals surface area contributed by atoms with Gasteiger partial charge in [-0.1, -0.05) is 0 Å². The molecule has 0 saturated carbocycles. The van der Waals surface area contributed by atoms with Gasteiger partial charge >= 0.3 is 0 Å². The lowest BCUT2D eigenvalue weighted by molar-refractivity contribution is 0.626. The second-order valence-electron chi connectivity index (χ2n) is 3.37. The smallest absolute Gasteiger partial charge is 0.187 e. The third-order valence-electron chi connectivity index (χ3n) is 2.04. The number of tetrazole rings is 1. The van der Waals surface area contributed by atoms with Crippen LogP contribution in [-0.4, -0.2) is 24.4 Å². The summed E-state index contributed by atoms with van der Waals surface area (Å²) in [7, 11) is 0.200. The summed E-state index contributed by atoms with van der Waals surface area (Å²) in [6.45, 7) is 0. The first kappa shape index (κ1) is 11.6. The molecule has 0 spiro atoms. The number of hydrogen-bond donors (Lipinski definition) is 1. The summed E-state index contributed by atoms with van der Waals surface area (Å²) < 4.78 is 25.0. The van der Waals surface area contributed by atoms with E-state index in [1.807, 2.05) is 0 Å². The Labute approximate surface area is 99.1 Å². The third kappa shape index (κ3) is 2.64. The van der Waals surface area contributed by atoms with Crippen molar-refractivity contribution in [3.63, 3.8) is 0 Å². The Hall–Kier alpha value is -1.83. The monoisotopic (exact) mass is 255 g/mol. The van der Waals surface area contributed by atoms with Crippen molar-refractivity contribution in [2.75, 3.05) is 5.73 Å². The van der Waals surface area contributed by atoms with Gasteiger partial charge in [0.1, 0.15) is 5.82 Å². The van der Waals surface area contributed by atoms with Gasteiger partial charge in [-0.3, -0.25) is 4.21 Å². The molecule has 2 N–H and O–H groups in total. The molecule has 1 aromatic heterocycles. The molecule has 0 saturated heterocycles. The molecular weight excluding hydrogens is 245 g/mol. The van der Waals surface area contributed by atoms with Crippen molar-refractivity contribution >= 4 is 16.5 Å². The normalized spacial score (nSPS) is 12.6. The van der Waals surface area contributed by atoms with E-state index in [1.165, 1.54) is 16.9 Å². The number of benzene rings is 1. The zero-order chi connectivity index (χ0) is 12.4. The quantitative estimate of drug-likeness (QED) is 0.794. The lowest BCUT2D eigenvalue weighted by atomic mass is 10.3. The Morgan fingerprint density at radius 3 is 2.88 bits per heavy atom. The molecule has 2 rings (SSSR count). The molecule has 0 fully saturated rings. The van der Waals surface area contributed by atoms with E-state index in [9.17, 15) is 8.60 Å². The average molecular weight is 255 g/mol. The fourth-order valence-corrected chi connectivity index (χ4v) is 2.20. The fraction of sp³-hybridized carbons (Fsp3) is 0.222. The van der Waals surface area contributed by atoms with Gasteiger partial charge in [-0.05, 0) is 23.4 Å². The van der Waals surface area contributed by atoms with Gasteiger partial charge in [-0.15, -0.1) is 10.2 Å². The predicted molar refractivity (Wildman–Crippen MR) is 59.7 cm³/mol. The Bertz CT molecular complexity index is 570. The number of hydrogen-bond acceptors (Lipinski definition) is 5. The first-order valence-electron chi connectivity index (χ1n) is 4.72. The minimum absolute atomic E-state index is 0.0309. The van der Waals surface area contributed by atoms with Crippen molar-refractivity contribution in [2.24, 2.45) is 7.05 Å². The maximum atomic E-state index is 13.2. The molecule has 90 valence electrons. The molecule has 6 nitrogen and oxygen atoms in total. The van der Waals surface area contributed by atoms with Crippen molar-refractivity contribution in [3.05, 3.63) is 29.8 Å². The number of nitrogens with two attached hydrogens (primary N) is 1. The van der Waals surface area contributed by atoms with E-state index in [4.69, 9.17) is 5.73 Å². The minimum Gasteiger partial charge on any atom is -0.396 e. The van der Waals surface area contributed by atoms with Gasteiger partial charge in [-0.2, -0.15) is 4.80 Å². The molecular formula is C9H10FN5OS. The van der Waals surface area contributed by atoms with Crippen LogP contribution in [0.5, 0.6) is 0 Å². The minimum atomic E-state index is -1.41. The number of anilines is 1. The van der Waals surface area contributed by atoms with Crippen LogP contribution in [0.25, 0.3) is 0 Å². The van der Waals surface area contributed by atoms with Crippen LogP contribution in [0.2, 0.25) is 0 Å². The van der Waals surface area contributed by atoms with Gasteiger partial charge < -0.3 is 5.73 Å². The lowest BCUT2D eigenvalue weighted by Gasteiger charge is -2.01. The molecule has 1 heterocycles. The average Bonchev–Trinajstić information content (AvgIpc) is 2.68. The predicted octanol–water partition coefficient (Wildman–Crippen LogP) is 0.239. The highest BCUT2D eigenvalue weighted by Gasteiger charge is 2.11. The van der Waals surface area contributed by atoms with Crippen molar-refractivity contribution in [1.29, 1.82) is 0 Å². The standard InChI is InChI=1S/C9H10FN5OS/c1-15-13-9(12-14-15)5-17(16)6-2-3-8(11)7(10)4-6/h2-4H,5,11H2,1H3. The SMILES string of the molecule is Cn1nnc(CS(=O)c2ccc(N)c(F)c2)n1. The Morgan fingerprint density at radius 1 is 1.53 bits per heavy atom. The molecule has 0 amide bonds. The summed E-state index contributed by atoms with van der Waals surface area (Å²) in [5.41, 5.74) is 5.36. The second kappa shape index (κ2) is 4.58. The van der Waals surface area contributed by atoms with E-state index >= 15 is 0 Å². The van der Waals surface area contributed by atoms with Gasteiger partial charge in [0.2, 0.25) is 0 Å². The van der Waals surface area contributed by atoms with E-state index in [1.54, 1.807) is 7.05 Å². The van der Waals surface area contributed by atoms with Crippen molar-refractivity contribution < 1.29 is 8.60 Å². The first-order valence-corrected chi connectivity index (χ1v) is 6.04. The maximum Gasteiger partial charge on any atom is 0.187 e. The number of rotatable bonds is 3. The zero-order valence-corrected chi connectivity index (χ0v) is 9.82. The number of nitrogens with zero attached hydrogens (tertiary/aromatic N) is 4. The highest BCUT2D eigenvalue weighted by Crippen LogP contribution is 2.16. The highest BCUT2D eigenvalue weighted by atomic mass is 32.2. The number of halogens is 1. The Balaban J connectivity index is 2.17. The van der Waals surface area contributed by atoms with Crippen LogP contribution >= 0.6 is 0 Å². The Kier molecular flexibility index (Phi) is 3.14. The molecule has 1 atom stereocenters. The number of nitrogen functional groups attached to an aromatic ring is 1. The van der Waals surface area contributed by atoms with E-state index in [-0.39, 0.29) is 11.4 Å². The number of aryl methyl sites for hydroxylation is 1. The largest absolute Gasteiger partial charge is 0.396 e. The van der Waals surface area contributed by atoms with Crippen LogP contribution in [0.1, 0.15) is 5.82 Å². The molecule has 1 aromatic carbocycles. The van der Waals surface area contributed by atoms with Crippen LogP contribution in [0.4, 0.5) is 10.1 Å². The summed E-state index contributed by atoms with van der Waals surface area (Å²) in [6.07, 6.45) is 0. The van der Waals surface area contributed by atoms with Crippen LogP contribution in [0.3, 0.4) is 0 Å². The Morgan fingerprint density at radius 2 is 2.29 bits per heavy atom. The molecule has 1 unspecified atom stereocenters. The van der Waals surface area contributed by atoms with Gasteiger partial charge in [0.15, 0.2) is 5.82 Å². The summed E-state index contributed by atoms with van der Waals surface area (Å²) in [4.78, 5) is 1.62. The summed E-state index contributed by atoms with van der Waals surface area (Å²) in [5.74, 6) is -0.136. The molecule has 0 bridgehead atoms. The summed E-state index contributed by atoms with van der Waals surface area (Å²) >= 11 is 0. The van der Waals surface area contributed by atoms with Gasteiger partial charge in [0, 0.05) is 4.90 Å². The molecule has 0 radical (unpaired) electrons. The third-order valence-corrected chi connectivity index (χ3v) is 3.34. The summed E-state index contributed by atoms with van der Waals surface area (Å²) in [6, 6.07) is 4.05. The number of aromatic nitrogens is 4.